The smallest absolute Gasteiger partial charge is 0.102 e. The number of hydrogen-bond donors (Lipinski definition) is 2. The Kier molecular flexibility index (Phi) is 4.69. The van der Waals surface area contributed by atoms with E-state index in [-0.39, 0.29) is 11.0 Å². The molecular formula is C14H24N2O. The van der Waals surface area contributed by atoms with Crippen LogP contribution in [0.4, 0.5) is 0 Å². The van der Waals surface area contributed by atoms with E-state index in [1.165, 1.54) is 0 Å². The number of methoxy groups -OCH3 is 1. The standard InChI is InChI=1S/C14H24N2O/c1-5-13(2)7-6-12(11-16-15)10-14(3,17-4)9-8-13/h6-10,16H,5,11,15H2,1-4H3/b7-6-,9-8-,12-10+. The molecule has 3 nitrogen and oxygen atoms in total. The quantitative estimate of drug-likeness (QED) is 0.447. The number of ether oxygens (including phenoxy) is 1. The molecule has 0 aromatic heterocycles. The molecule has 0 aliphatic heterocycles. The molecule has 0 amide bonds. The lowest BCUT2D eigenvalue weighted by Gasteiger charge is -2.28. The van der Waals surface area contributed by atoms with Crippen molar-refractivity contribution in [2.75, 3.05) is 13.7 Å². The first-order valence-corrected chi connectivity index (χ1v) is 6.07. The number of rotatable bonds is 4. The SMILES string of the molecule is CCC1(C)/C=C\C(CNN)=C/C(C)(OC)/C=C\1. The first kappa shape index (κ1) is 14.2. The van der Waals surface area contributed by atoms with Crippen molar-refractivity contribution in [3.63, 3.8) is 0 Å². The van der Waals surface area contributed by atoms with Crippen molar-refractivity contribution in [2.24, 2.45) is 11.3 Å². The highest BCUT2D eigenvalue weighted by Crippen LogP contribution is 2.30. The molecule has 1 rings (SSSR count). The topological polar surface area (TPSA) is 47.3 Å². The highest BCUT2D eigenvalue weighted by molar-refractivity contribution is 5.32. The van der Waals surface area contributed by atoms with Crippen molar-refractivity contribution in [3.05, 3.63) is 36.0 Å². The van der Waals surface area contributed by atoms with Gasteiger partial charge in [0.05, 0.1) is 0 Å². The van der Waals surface area contributed by atoms with Crippen molar-refractivity contribution in [3.8, 4) is 0 Å². The Labute approximate surface area is 104 Å². The summed E-state index contributed by atoms with van der Waals surface area (Å²) in [6, 6.07) is 0. The zero-order valence-electron chi connectivity index (χ0n) is 11.3. The minimum absolute atomic E-state index is 0.0773. The molecule has 0 aromatic carbocycles. The highest BCUT2D eigenvalue weighted by atomic mass is 16.5. The molecule has 0 aromatic rings. The van der Waals surface area contributed by atoms with Gasteiger partial charge in [-0.25, -0.2) is 0 Å². The maximum Gasteiger partial charge on any atom is 0.102 e. The van der Waals surface area contributed by atoms with Gasteiger partial charge in [-0.3, -0.25) is 11.3 Å². The van der Waals surface area contributed by atoms with Crippen molar-refractivity contribution in [1.29, 1.82) is 0 Å². The zero-order valence-corrected chi connectivity index (χ0v) is 11.3. The summed E-state index contributed by atoms with van der Waals surface area (Å²) in [6.07, 6.45) is 11.8. The maximum absolute atomic E-state index is 5.56. The van der Waals surface area contributed by atoms with Crippen LogP contribution in [-0.4, -0.2) is 19.3 Å². The molecule has 0 saturated carbocycles. The van der Waals surface area contributed by atoms with Crippen molar-refractivity contribution >= 4 is 0 Å². The molecule has 3 heteroatoms. The third-order valence-electron chi connectivity index (χ3n) is 3.45. The van der Waals surface area contributed by atoms with Gasteiger partial charge in [0.1, 0.15) is 5.60 Å². The van der Waals surface area contributed by atoms with Crippen LogP contribution in [0.25, 0.3) is 0 Å². The number of nitrogens with two attached hydrogens (primary N) is 1. The van der Waals surface area contributed by atoms with Crippen LogP contribution < -0.4 is 11.3 Å². The van der Waals surface area contributed by atoms with Crippen molar-refractivity contribution in [1.82, 2.24) is 5.43 Å². The predicted octanol–water partition coefficient (Wildman–Crippen LogP) is 2.32. The van der Waals surface area contributed by atoms with Crippen molar-refractivity contribution in [2.45, 2.75) is 32.8 Å². The van der Waals surface area contributed by atoms with E-state index in [1.807, 2.05) is 0 Å². The van der Waals surface area contributed by atoms with Crippen molar-refractivity contribution < 1.29 is 4.74 Å². The number of hydrazine groups is 1. The van der Waals surface area contributed by atoms with Gasteiger partial charge in [-0.15, -0.1) is 0 Å². The van der Waals surface area contributed by atoms with Gasteiger partial charge >= 0.3 is 0 Å². The molecule has 2 atom stereocenters. The van der Waals surface area contributed by atoms with E-state index >= 15 is 0 Å². The van der Waals surface area contributed by atoms with Crippen LogP contribution in [0.2, 0.25) is 0 Å². The lowest BCUT2D eigenvalue weighted by atomic mass is 9.82. The van der Waals surface area contributed by atoms with Gasteiger partial charge in [0.25, 0.3) is 0 Å². The Morgan fingerprint density at radius 3 is 2.53 bits per heavy atom. The lowest BCUT2D eigenvalue weighted by Crippen LogP contribution is -2.28. The fourth-order valence-electron chi connectivity index (χ4n) is 1.76. The highest BCUT2D eigenvalue weighted by Gasteiger charge is 2.23. The second kappa shape index (κ2) is 5.63. The molecule has 0 radical (unpaired) electrons. The van der Waals surface area contributed by atoms with E-state index in [1.54, 1.807) is 7.11 Å². The van der Waals surface area contributed by atoms with E-state index < -0.39 is 0 Å². The first-order chi connectivity index (χ1) is 7.97. The number of allylic oxidation sites excluding steroid dienone is 2. The van der Waals surface area contributed by atoms with Crippen LogP contribution >= 0.6 is 0 Å². The van der Waals surface area contributed by atoms with Crippen LogP contribution in [0.5, 0.6) is 0 Å². The molecule has 0 fully saturated rings. The van der Waals surface area contributed by atoms with Crippen LogP contribution in [0.3, 0.4) is 0 Å². The van der Waals surface area contributed by atoms with Gasteiger partial charge < -0.3 is 4.74 Å². The molecule has 3 N–H and O–H groups in total. The van der Waals surface area contributed by atoms with E-state index in [0.717, 1.165) is 12.0 Å². The molecule has 0 bridgehead atoms. The molecule has 96 valence electrons. The summed E-state index contributed by atoms with van der Waals surface area (Å²) in [7, 11) is 1.73. The lowest BCUT2D eigenvalue weighted by molar-refractivity contribution is 0.0891. The summed E-state index contributed by atoms with van der Waals surface area (Å²) in [5.41, 5.74) is 3.54. The minimum Gasteiger partial charge on any atom is -0.370 e. The minimum atomic E-state index is -0.368. The van der Waals surface area contributed by atoms with Crippen LogP contribution in [-0.2, 0) is 4.74 Å². The van der Waals surface area contributed by atoms with Gasteiger partial charge in [0.2, 0.25) is 0 Å². The predicted molar refractivity (Wildman–Crippen MR) is 72.4 cm³/mol. The second-order valence-electron chi connectivity index (χ2n) is 5.01. The van der Waals surface area contributed by atoms with Crippen LogP contribution in [0.15, 0.2) is 36.0 Å². The average Bonchev–Trinajstić information content (AvgIpc) is 2.32. The van der Waals surface area contributed by atoms with Gasteiger partial charge in [0, 0.05) is 19.1 Å². The summed E-state index contributed by atoms with van der Waals surface area (Å²) in [6.45, 7) is 7.10. The Balaban J connectivity index is 3.13. The molecule has 17 heavy (non-hydrogen) atoms. The van der Waals surface area contributed by atoms with E-state index in [9.17, 15) is 0 Å². The average molecular weight is 236 g/mol. The summed E-state index contributed by atoms with van der Waals surface area (Å²) >= 11 is 0. The van der Waals surface area contributed by atoms with Gasteiger partial charge in [0.15, 0.2) is 0 Å². The third-order valence-corrected chi connectivity index (χ3v) is 3.45. The van der Waals surface area contributed by atoms with Gasteiger partial charge in [-0.2, -0.15) is 0 Å². The molecule has 1 aliphatic carbocycles. The molecule has 1 aliphatic rings. The van der Waals surface area contributed by atoms with Crippen LogP contribution in [0, 0.1) is 5.41 Å². The number of hydrogen-bond acceptors (Lipinski definition) is 3. The molecular weight excluding hydrogens is 212 g/mol. The Bertz CT molecular complexity index is 346. The Morgan fingerprint density at radius 1 is 1.29 bits per heavy atom. The molecule has 0 saturated heterocycles. The monoisotopic (exact) mass is 236 g/mol. The Morgan fingerprint density at radius 2 is 2.00 bits per heavy atom. The summed E-state index contributed by atoms with van der Waals surface area (Å²) in [5, 5.41) is 0. The molecule has 2 unspecified atom stereocenters. The maximum atomic E-state index is 5.56. The van der Waals surface area contributed by atoms with Crippen LogP contribution in [0.1, 0.15) is 27.2 Å². The number of nitrogens with one attached hydrogen (secondary N) is 1. The summed E-state index contributed by atoms with van der Waals surface area (Å²) in [4.78, 5) is 0. The summed E-state index contributed by atoms with van der Waals surface area (Å²) < 4.78 is 5.56. The first-order valence-electron chi connectivity index (χ1n) is 6.07. The third kappa shape index (κ3) is 3.80. The van der Waals surface area contributed by atoms with Gasteiger partial charge in [-0.1, -0.05) is 38.2 Å². The Hall–Kier alpha value is -0.900. The molecule has 0 heterocycles. The second-order valence-corrected chi connectivity index (χ2v) is 5.01. The zero-order chi connectivity index (χ0) is 12.9. The summed E-state index contributed by atoms with van der Waals surface area (Å²) in [5.74, 6) is 5.40. The van der Waals surface area contributed by atoms with E-state index in [2.05, 4.69) is 56.6 Å². The van der Waals surface area contributed by atoms with E-state index in [0.29, 0.717) is 6.54 Å². The fraction of sp³-hybridized carbons (Fsp3) is 0.571. The van der Waals surface area contributed by atoms with E-state index in [4.69, 9.17) is 10.6 Å². The fourth-order valence-corrected chi connectivity index (χ4v) is 1.76. The molecule has 0 spiro atoms. The largest absolute Gasteiger partial charge is 0.370 e. The normalized spacial score (nSPS) is 39.9. The van der Waals surface area contributed by atoms with Gasteiger partial charge in [-0.05, 0) is 25.0 Å².